The second kappa shape index (κ2) is 3.65. The minimum absolute atomic E-state index is 0.0417. The van der Waals surface area contributed by atoms with E-state index in [9.17, 15) is 18.0 Å². The summed E-state index contributed by atoms with van der Waals surface area (Å²) in [5, 5.41) is -3.82. The van der Waals surface area contributed by atoms with Gasteiger partial charge in [-0.1, -0.05) is 0 Å². The van der Waals surface area contributed by atoms with E-state index in [0.29, 0.717) is 0 Å². The van der Waals surface area contributed by atoms with Crippen molar-refractivity contribution in [3.63, 3.8) is 0 Å². The Morgan fingerprint density at radius 1 is 1.24 bits per heavy atom. The largest absolute Gasteiger partial charge is 0.488 e. The topological polar surface area (TPSA) is 47.9 Å². The van der Waals surface area contributed by atoms with E-state index in [0.717, 1.165) is 12.1 Å². The molecule has 17 heavy (non-hydrogen) atoms. The Bertz CT molecular complexity index is 514. The van der Waals surface area contributed by atoms with Gasteiger partial charge in [-0.3, -0.25) is 0 Å². The number of fused-ring (bicyclic) bond motifs is 1. The Morgan fingerprint density at radius 3 is 2.59 bits per heavy atom. The molecule has 1 atom stereocenters. The van der Waals surface area contributed by atoms with Crippen LogP contribution in [0.4, 0.5) is 18.9 Å². The molecule has 0 aromatic heterocycles. The van der Waals surface area contributed by atoms with Crippen molar-refractivity contribution in [2.75, 3.05) is 0 Å². The first kappa shape index (κ1) is 11.8. The maximum Gasteiger partial charge on any atom is 0.488 e. The Morgan fingerprint density at radius 2 is 1.94 bits per heavy atom. The molecule has 1 heterocycles. The Balaban J connectivity index is 2.46. The lowest BCUT2D eigenvalue weighted by Gasteiger charge is -2.33. The lowest BCUT2D eigenvalue weighted by Crippen LogP contribution is -2.51. The molecule has 1 aromatic rings. The first-order valence-electron chi connectivity index (χ1n) is 4.21. The van der Waals surface area contributed by atoms with Gasteiger partial charge in [0, 0.05) is 6.07 Å². The van der Waals surface area contributed by atoms with Gasteiger partial charge in [-0.2, -0.15) is 18.2 Å². The lowest BCUT2D eigenvalue weighted by atomic mass is 10.2. The van der Waals surface area contributed by atoms with E-state index in [1.54, 1.807) is 0 Å². The summed E-state index contributed by atoms with van der Waals surface area (Å²) >= 11 is 4.85. The normalized spacial score (nSPS) is 24.9. The molecule has 0 amide bonds. The third-order valence-electron chi connectivity index (χ3n) is 1.92. The van der Waals surface area contributed by atoms with E-state index in [1.165, 1.54) is 12.1 Å². The van der Waals surface area contributed by atoms with Crippen LogP contribution in [0.5, 0.6) is 11.5 Å². The van der Waals surface area contributed by atoms with Gasteiger partial charge in [0.25, 0.3) is 0 Å². The molecule has 1 aromatic carbocycles. The average Bonchev–Trinajstić information content (AvgIpc) is 2.20. The van der Waals surface area contributed by atoms with Gasteiger partial charge in [0.2, 0.25) is 6.08 Å². The van der Waals surface area contributed by atoms with Crippen molar-refractivity contribution >= 4 is 23.4 Å². The Kier molecular flexibility index (Phi) is 2.52. The predicted octanol–water partition coefficient (Wildman–Crippen LogP) is 2.88. The van der Waals surface area contributed by atoms with Gasteiger partial charge >= 0.3 is 11.4 Å². The van der Waals surface area contributed by atoms with Crippen LogP contribution in [0, 0.1) is 0 Å². The van der Waals surface area contributed by atoms with Crippen LogP contribution < -0.4 is 9.47 Å². The number of ether oxygens (including phenoxy) is 2. The number of hydrogen-bond acceptors (Lipinski definition) is 4. The minimum Gasteiger partial charge on any atom is -0.434 e. The smallest absolute Gasteiger partial charge is 0.434 e. The predicted molar refractivity (Wildman–Crippen MR) is 50.1 cm³/mol. The molecule has 0 radical (unpaired) electrons. The number of nitrogens with zero attached hydrogens (tertiary/aromatic N) is 1. The van der Waals surface area contributed by atoms with Crippen LogP contribution in [0.25, 0.3) is 0 Å². The fourth-order valence-electron chi connectivity index (χ4n) is 1.18. The summed E-state index contributed by atoms with van der Waals surface area (Å²) in [6.45, 7) is 0. The zero-order chi connectivity index (χ0) is 12.7. The van der Waals surface area contributed by atoms with Gasteiger partial charge in [0.05, 0.1) is 5.69 Å². The minimum atomic E-state index is -4.32. The molecule has 0 spiro atoms. The maximum absolute atomic E-state index is 13.2. The third-order valence-corrected chi connectivity index (χ3v) is 2.21. The molecule has 0 unspecified atom stereocenters. The van der Waals surface area contributed by atoms with Gasteiger partial charge in [0.15, 0.2) is 11.5 Å². The molecule has 0 fully saturated rings. The first-order chi connectivity index (χ1) is 7.86. The molecule has 0 bridgehead atoms. The van der Waals surface area contributed by atoms with Crippen LogP contribution in [-0.2, 0) is 4.79 Å². The van der Waals surface area contributed by atoms with E-state index in [1.807, 2.05) is 0 Å². The summed E-state index contributed by atoms with van der Waals surface area (Å²) in [6.07, 6.45) is -3.09. The fraction of sp³-hybridized carbons (Fsp3) is 0.222. The molecule has 4 nitrogen and oxygen atoms in total. The molecule has 1 aliphatic rings. The lowest BCUT2D eigenvalue weighted by molar-refractivity contribution is -0.303. The average molecular weight is 266 g/mol. The number of rotatable bonds is 1. The van der Waals surface area contributed by atoms with E-state index in [-0.39, 0.29) is 11.4 Å². The summed E-state index contributed by atoms with van der Waals surface area (Å²) in [7, 11) is 0. The zero-order valence-electron chi connectivity index (χ0n) is 7.92. The number of isocyanates is 1. The molecule has 90 valence electrons. The molecule has 0 saturated heterocycles. The van der Waals surface area contributed by atoms with Gasteiger partial charge in [0.1, 0.15) is 0 Å². The number of aliphatic imine (C=N–C) groups is 1. The number of alkyl halides is 4. The van der Waals surface area contributed by atoms with Crippen molar-refractivity contribution in [1.82, 2.24) is 0 Å². The fourth-order valence-corrected chi connectivity index (χ4v) is 1.30. The molecular weight excluding hydrogens is 263 g/mol. The van der Waals surface area contributed by atoms with Crippen LogP contribution in [-0.4, -0.2) is 17.5 Å². The van der Waals surface area contributed by atoms with E-state index >= 15 is 0 Å². The van der Waals surface area contributed by atoms with Crippen molar-refractivity contribution in [3.8, 4) is 11.5 Å². The second-order valence-electron chi connectivity index (χ2n) is 3.07. The van der Waals surface area contributed by atoms with Crippen molar-refractivity contribution in [2.24, 2.45) is 4.99 Å². The Labute approximate surface area is 97.6 Å². The number of benzene rings is 1. The van der Waals surface area contributed by atoms with Crippen LogP contribution >= 0.6 is 11.6 Å². The van der Waals surface area contributed by atoms with Crippen LogP contribution in [0.15, 0.2) is 23.2 Å². The highest BCUT2D eigenvalue weighted by Gasteiger charge is 2.63. The van der Waals surface area contributed by atoms with Gasteiger partial charge < -0.3 is 9.47 Å². The van der Waals surface area contributed by atoms with Crippen molar-refractivity contribution in [3.05, 3.63) is 18.2 Å². The molecule has 1 aliphatic heterocycles. The molecule has 8 heteroatoms. The highest BCUT2D eigenvalue weighted by atomic mass is 35.5. The second-order valence-corrected chi connectivity index (χ2v) is 3.56. The van der Waals surface area contributed by atoms with Crippen LogP contribution in [0.3, 0.4) is 0 Å². The first-order valence-corrected chi connectivity index (χ1v) is 4.59. The van der Waals surface area contributed by atoms with Gasteiger partial charge in [-0.15, -0.1) is 0 Å². The van der Waals surface area contributed by atoms with E-state index in [4.69, 9.17) is 11.6 Å². The van der Waals surface area contributed by atoms with E-state index in [2.05, 4.69) is 14.5 Å². The maximum atomic E-state index is 13.2. The summed E-state index contributed by atoms with van der Waals surface area (Å²) in [4.78, 5) is 13.2. The number of hydrogen-bond donors (Lipinski definition) is 0. The summed E-state index contributed by atoms with van der Waals surface area (Å²) in [6, 6.07) is 3.26. The summed E-state index contributed by atoms with van der Waals surface area (Å²) in [5.41, 5.74) is 0.0417. The third kappa shape index (κ3) is 1.94. The Hall–Kier alpha value is -1.72. The molecule has 0 N–H and O–H groups in total. The van der Waals surface area contributed by atoms with Crippen LogP contribution in [0.1, 0.15) is 0 Å². The van der Waals surface area contributed by atoms with Gasteiger partial charge in [-0.25, -0.2) is 4.79 Å². The number of halogens is 4. The monoisotopic (exact) mass is 265 g/mol. The number of carbonyl (C=O) groups excluding carboxylic acids is 1. The molecule has 0 aliphatic carbocycles. The summed E-state index contributed by atoms with van der Waals surface area (Å²) in [5.74, 6) is -0.793. The molecular formula is C9H3ClF3NO3. The van der Waals surface area contributed by atoms with Crippen LogP contribution in [0.2, 0.25) is 0 Å². The van der Waals surface area contributed by atoms with Gasteiger partial charge in [-0.05, 0) is 23.7 Å². The van der Waals surface area contributed by atoms with Crippen molar-refractivity contribution < 1.29 is 27.4 Å². The standard InChI is InChI=1S/C9H3ClF3NO3/c10-8(11)9(12,13)17-6-2-1-5(14-4-15)3-7(6)16-8/h1-3H/t8-/m1/s1. The van der Waals surface area contributed by atoms with Crippen molar-refractivity contribution in [1.29, 1.82) is 0 Å². The highest BCUT2D eigenvalue weighted by Crippen LogP contribution is 2.48. The van der Waals surface area contributed by atoms with E-state index < -0.39 is 17.2 Å². The van der Waals surface area contributed by atoms with Crippen molar-refractivity contribution in [2.45, 2.75) is 11.4 Å². The molecule has 0 saturated carbocycles. The highest BCUT2D eigenvalue weighted by molar-refractivity contribution is 6.22. The SMILES string of the molecule is O=C=Nc1ccc2c(c1)O[C@@](F)(Cl)C(F)(F)O2. The molecule has 2 rings (SSSR count). The zero-order valence-corrected chi connectivity index (χ0v) is 8.67. The summed E-state index contributed by atoms with van der Waals surface area (Å²) < 4.78 is 47.5. The quantitative estimate of drug-likeness (QED) is 0.446.